The molecule has 0 aliphatic rings. The molecule has 0 aliphatic heterocycles. The van der Waals surface area contributed by atoms with Crippen molar-refractivity contribution in [3.05, 3.63) is 0 Å². The van der Waals surface area contributed by atoms with E-state index in [1.54, 1.807) is 6.92 Å². The van der Waals surface area contributed by atoms with Crippen LogP contribution in [-0.4, -0.2) is 48.2 Å². The number of carboxylic acid groups (broad SMARTS) is 1. The molecule has 0 aromatic heterocycles. The number of carboxylic acids is 1. The number of hydrogen-bond donors (Lipinski definition) is 2. The second-order valence-electron chi connectivity index (χ2n) is 4.10. The van der Waals surface area contributed by atoms with Crippen molar-refractivity contribution in [2.24, 2.45) is 0 Å². The molecular formula is C11H21NaO8S. The Kier molecular flexibility index (Phi) is 12.5. The van der Waals surface area contributed by atoms with Crippen molar-refractivity contribution in [1.82, 2.24) is 0 Å². The Hall–Kier alpha value is -0.190. The van der Waals surface area contributed by atoms with E-state index in [2.05, 4.69) is 0 Å². The summed E-state index contributed by atoms with van der Waals surface area (Å²) in [5.74, 6) is -2.87. The van der Waals surface area contributed by atoms with E-state index in [0.717, 1.165) is 12.8 Å². The molecule has 0 amide bonds. The molecule has 21 heavy (non-hydrogen) atoms. The Labute approximate surface area is 147 Å². The summed E-state index contributed by atoms with van der Waals surface area (Å²) < 4.78 is 40.8. The van der Waals surface area contributed by atoms with E-state index in [9.17, 15) is 18.0 Å². The molecule has 0 rings (SSSR count). The van der Waals surface area contributed by atoms with Crippen LogP contribution in [0.2, 0.25) is 0 Å². The van der Waals surface area contributed by atoms with E-state index in [1.807, 2.05) is 6.92 Å². The smallest absolute Gasteiger partial charge is 1.00 e. The van der Waals surface area contributed by atoms with Crippen molar-refractivity contribution in [3.8, 4) is 0 Å². The number of ether oxygens (including phenoxy) is 2. The number of carbonyl (C=O) groups excluding carboxylic acids is 1. The van der Waals surface area contributed by atoms with Crippen molar-refractivity contribution in [1.29, 1.82) is 0 Å². The molecule has 0 fully saturated rings. The summed E-state index contributed by atoms with van der Waals surface area (Å²) in [7, 11) is -4.85. The zero-order chi connectivity index (χ0) is 15.8. The molecular weight excluding hydrogens is 315 g/mol. The Balaban J connectivity index is -0.00000180. The molecule has 0 heterocycles. The Morgan fingerprint density at radius 2 is 1.86 bits per heavy atom. The minimum absolute atomic E-state index is 0. The molecule has 0 aliphatic carbocycles. The molecule has 2 unspecified atom stereocenters. The molecule has 10 heteroatoms. The molecule has 0 saturated heterocycles. The van der Waals surface area contributed by atoms with Gasteiger partial charge in [0, 0.05) is 6.42 Å². The van der Waals surface area contributed by atoms with Crippen LogP contribution in [0.5, 0.6) is 0 Å². The van der Waals surface area contributed by atoms with Gasteiger partial charge in [-0.05, 0) is 6.42 Å². The second-order valence-corrected chi connectivity index (χ2v) is 5.70. The molecule has 2 atom stereocenters. The van der Waals surface area contributed by atoms with Gasteiger partial charge in [0.2, 0.25) is 6.29 Å². The summed E-state index contributed by atoms with van der Waals surface area (Å²) in [4.78, 5) is 22.1. The number of unbranched alkanes of at least 4 members (excludes halogenated alkanes) is 1. The number of hydrogen-bond acceptors (Lipinski definition) is 6. The molecule has 8 nitrogen and oxygen atoms in total. The fourth-order valence-corrected chi connectivity index (χ4v) is 1.92. The van der Waals surface area contributed by atoms with E-state index in [4.69, 9.17) is 19.1 Å². The monoisotopic (exact) mass is 336 g/mol. The van der Waals surface area contributed by atoms with E-state index in [0.29, 0.717) is 6.61 Å². The van der Waals surface area contributed by atoms with Crippen molar-refractivity contribution in [3.63, 3.8) is 0 Å². The maximum absolute atomic E-state index is 11.6. The Bertz CT molecular complexity index is 428. The minimum atomic E-state index is -4.85. The van der Waals surface area contributed by atoms with Crippen LogP contribution in [0.3, 0.4) is 0 Å². The summed E-state index contributed by atoms with van der Waals surface area (Å²) in [6.45, 7) is 3.93. The number of carbonyl (C=O) groups is 2. The third-order valence-electron chi connectivity index (χ3n) is 2.37. The van der Waals surface area contributed by atoms with Gasteiger partial charge in [-0.2, -0.15) is 8.42 Å². The minimum Gasteiger partial charge on any atom is -1.00 e. The van der Waals surface area contributed by atoms with Crippen LogP contribution in [-0.2, 0) is 29.2 Å². The normalized spacial score (nSPS) is 13.9. The van der Waals surface area contributed by atoms with E-state index in [-0.39, 0.29) is 37.4 Å². The first kappa shape index (κ1) is 23.1. The van der Waals surface area contributed by atoms with Crippen LogP contribution >= 0.6 is 0 Å². The first-order chi connectivity index (χ1) is 9.22. The molecule has 0 aromatic carbocycles. The first-order valence-corrected chi connectivity index (χ1v) is 7.72. The van der Waals surface area contributed by atoms with Crippen LogP contribution < -0.4 is 29.6 Å². The molecule has 0 bridgehead atoms. The molecule has 0 radical (unpaired) electrons. The van der Waals surface area contributed by atoms with Crippen LogP contribution in [0, 0.1) is 0 Å². The van der Waals surface area contributed by atoms with Gasteiger partial charge in [-0.3, -0.25) is 14.1 Å². The van der Waals surface area contributed by atoms with Crippen LogP contribution in [0.4, 0.5) is 0 Å². The van der Waals surface area contributed by atoms with Gasteiger partial charge in [0.15, 0.2) is 5.25 Å². The van der Waals surface area contributed by atoms with Gasteiger partial charge in [0.05, 0.1) is 13.0 Å². The van der Waals surface area contributed by atoms with Crippen molar-refractivity contribution >= 4 is 22.1 Å². The van der Waals surface area contributed by atoms with Crippen LogP contribution in [0.1, 0.15) is 41.0 Å². The van der Waals surface area contributed by atoms with Gasteiger partial charge < -0.3 is 16.0 Å². The third kappa shape index (κ3) is 10.2. The topological polar surface area (TPSA) is 127 Å². The molecule has 2 N–H and O–H groups in total. The molecule has 0 aromatic rings. The van der Waals surface area contributed by atoms with Gasteiger partial charge in [-0.1, -0.05) is 20.3 Å². The predicted octanol–water partition coefficient (Wildman–Crippen LogP) is -2.07. The van der Waals surface area contributed by atoms with Crippen molar-refractivity contribution in [2.45, 2.75) is 51.1 Å². The van der Waals surface area contributed by atoms with Crippen molar-refractivity contribution < 1.29 is 68.1 Å². The SMILES string of the molecule is CCCCOC(CC)OC(=O)C(CC(=O)O)S(=O)(=O)O.[H-].[Na+]. The van der Waals surface area contributed by atoms with E-state index >= 15 is 0 Å². The first-order valence-electron chi connectivity index (χ1n) is 6.22. The summed E-state index contributed by atoms with van der Waals surface area (Å²) in [6.07, 6.45) is -0.141. The molecule has 120 valence electrons. The molecule has 0 saturated carbocycles. The fourth-order valence-electron chi connectivity index (χ4n) is 1.27. The number of rotatable bonds is 10. The maximum Gasteiger partial charge on any atom is 1.00 e. The zero-order valence-electron chi connectivity index (χ0n) is 13.4. The van der Waals surface area contributed by atoms with E-state index < -0.39 is 40.0 Å². The summed E-state index contributed by atoms with van der Waals surface area (Å²) in [5, 5.41) is 6.40. The van der Waals surface area contributed by atoms with Gasteiger partial charge in [-0.15, -0.1) is 0 Å². The van der Waals surface area contributed by atoms with Gasteiger partial charge in [0.25, 0.3) is 10.1 Å². The maximum atomic E-state index is 11.6. The summed E-state index contributed by atoms with van der Waals surface area (Å²) >= 11 is 0. The zero-order valence-corrected chi connectivity index (χ0v) is 15.3. The van der Waals surface area contributed by atoms with Crippen LogP contribution in [0.15, 0.2) is 0 Å². The third-order valence-corrected chi connectivity index (χ3v) is 3.44. The van der Waals surface area contributed by atoms with Gasteiger partial charge in [-0.25, -0.2) is 0 Å². The standard InChI is InChI=1S/C11H20O8S.Na.H/c1-3-5-6-18-10(4-2)19-11(14)8(7-9(12)13)20(15,16)17;;/h8,10H,3-7H2,1-2H3,(H,12,13)(H,15,16,17);;/q;+1;-1. The Morgan fingerprint density at radius 3 is 2.24 bits per heavy atom. The average molecular weight is 336 g/mol. The Morgan fingerprint density at radius 1 is 1.29 bits per heavy atom. The van der Waals surface area contributed by atoms with E-state index in [1.165, 1.54) is 0 Å². The number of aliphatic carboxylic acids is 1. The fraction of sp³-hybridized carbons (Fsp3) is 0.818. The number of esters is 1. The second kappa shape index (κ2) is 11.4. The van der Waals surface area contributed by atoms with Crippen LogP contribution in [0.25, 0.3) is 0 Å². The average Bonchev–Trinajstić information content (AvgIpc) is 2.33. The quantitative estimate of drug-likeness (QED) is 0.153. The van der Waals surface area contributed by atoms with Gasteiger partial charge in [0.1, 0.15) is 0 Å². The summed E-state index contributed by atoms with van der Waals surface area (Å²) in [6, 6.07) is 0. The largest absolute Gasteiger partial charge is 1.00 e. The van der Waals surface area contributed by atoms with Gasteiger partial charge >= 0.3 is 41.5 Å². The predicted molar refractivity (Wildman–Crippen MR) is 69.7 cm³/mol. The van der Waals surface area contributed by atoms with Crippen molar-refractivity contribution in [2.75, 3.05) is 6.61 Å². The summed E-state index contributed by atoms with van der Waals surface area (Å²) in [5.41, 5.74) is 0. The molecule has 0 spiro atoms.